The van der Waals surface area contributed by atoms with Crippen LogP contribution in [0.2, 0.25) is 0 Å². The molecular weight excluding hydrogens is 258 g/mol. The van der Waals surface area contributed by atoms with Gasteiger partial charge in [-0.3, -0.25) is 4.79 Å². The lowest BCUT2D eigenvalue weighted by molar-refractivity contribution is -0.140. The first kappa shape index (κ1) is 15.8. The van der Waals surface area contributed by atoms with Crippen molar-refractivity contribution in [2.45, 2.75) is 19.9 Å². The van der Waals surface area contributed by atoms with E-state index in [9.17, 15) is 9.59 Å². The quantitative estimate of drug-likeness (QED) is 0.748. The third-order valence-electron chi connectivity index (χ3n) is 2.71. The zero-order valence-corrected chi connectivity index (χ0v) is 11.6. The van der Waals surface area contributed by atoms with E-state index in [0.29, 0.717) is 11.3 Å². The highest BCUT2D eigenvalue weighted by Crippen LogP contribution is 2.18. The van der Waals surface area contributed by atoms with Gasteiger partial charge in [0.1, 0.15) is 18.4 Å². The zero-order chi connectivity index (χ0) is 15.1. The van der Waals surface area contributed by atoms with Gasteiger partial charge in [0.25, 0.3) is 5.91 Å². The number of amides is 1. The van der Waals surface area contributed by atoms with E-state index in [4.69, 9.17) is 9.84 Å². The van der Waals surface area contributed by atoms with Gasteiger partial charge in [-0.1, -0.05) is 38.6 Å². The molecule has 0 aliphatic rings. The Morgan fingerprint density at radius 1 is 1.40 bits per heavy atom. The molecular formula is C15H19NO4. The fourth-order valence-electron chi connectivity index (χ4n) is 1.66. The Labute approximate surface area is 118 Å². The fourth-order valence-corrected chi connectivity index (χ4v) is 1.66. The number of carboxylic acid groups (broad SMARTS) is 1. The summed E-state index contributed by atoms with van der Waals surface area (Å²) >= 11 is 0. The summed E-state index contributed by atoms with van der Waals surface area (Å²) in [7, 11) is 0. The van der Waals surface area contributed by atoms with Gasteiger partial charge in [-0.15, -0.1) is 0 Å². The van der Waals surface area contributed by atoms with Crippen LogP contribution in [0.5, 0.6) is 5.75 Å². The van der Waals surface area contributed by atoms with Crippen molar-refractivity contribution in [2.24, 2.45) is 5.92 Å². The van der Waals surface area contributed by atoms with Crippen LogP contribution in [0.3, 0.4) is 0 Å². The summed E-state index contributed by atoms with van der Waals surface area (Å²) in [6.07, 6.45) is 1.57. The van der Waals surface area contributed by atoms with Crippen molar-refractivity contribution >= 4 is 11.9 Å². The van der Waals surface area contributed by atoms with Gasteiger partial charge in [0.05, 0.1) is 5.56 Å². The standard InChI is InChI=1S/C15H19NO4/c1-4-9-20-12-8-6-5-7-11(12)14(17)16-13(10(2)3)15(18)19/h4-8,10,13H,1,9H2,2-3H3,(H,16,17)(H,18,19)/t13-/m0/s1. The monoisotopic (exact) mass is 277 g/mol. The van der Waals surface area contributed by atoms with Gasteiger partial charge in [-0.05, 0) is 18.1 Å². The highest BCUT2D eigenvalue weighted by Gasteiger charge is 2.25. The van der Waals surface area contributed by atoms with Crippen molar-refractivity contribution in [1.82, 2.24) is 5.32 Å². The Balaban J connectivity index is 2.91. The second-order valence-corrected chi connectivity index (χ2v) is 4.63. The summed E-state index contributed by atoms with van der Waals surface area (Å²) in [5.74, 6) is -1.33. The van der Waals surface area contributed by atoms with Crippen LogP contribution < -0.4 is 10.1 Å². The number of para-hydroxylation sites is 1. The van der Waals surface area contributed by atoms with Crippen molar-refractivity contribution in [3.05, 3.63) is 42.5 Å². The number of aliphatic carboxylic acids is 1. The number of nitrogens with one attached hydrogen (secondary N) is 1. The van der Waals surface area contributed by atoms with Gasteiger partial charge in [0.15, 0.2) is 0 Å². The van der Waals surface area contributed by atoms with Gasteiger partial charge in [0, 0.05) is 0 Å². The van der Waals surface area contributed by atoms with Gasteiger partial charge in [0.2, 0.25) is 0 Å². The van der Waals surface area contributed by atoms with Crippen LogP contribution >= 0.6 is 0 Å². The van der Waals surface area contributed by atoms with Crippen LogP contribution in [-0.4, -0.2) is 29.6 Å². The fraction of sp³-hybridized carbons (Fsp3) is 0.333. The third kappa shape index (κ3) is 4.12. The Kier molecular flexibility index (Phi) is 5.77. The summed E-state index contributed by atoms with van der Waals surface area (Å²) in [5, 5.41) is 11.6. The third-order valence-corrected chi connectivity index (χ3v) is 2.71. The van der Waals surface area contributed by atoms with Crippen molar-refractivity contribution < 1.29 is 19.4 Å². The number of carbonyl (C=O) groups is 2. The maximum atomic E-state index is 12.2. The predicted molar refractivity (Wildman–Crippen MR) is 75.9 cm³/mol. The summed E-state index contributed by atoms with van der Waals surface area (Å²) < 4.78 is 5.38. The van der Waals surface area contributed by atoms with Crippen LogP contribution in [0.1, 0.15) is 24.2 Å². The van der Waals surface area contributed by atoms with E-state index in [2.05, 4.69) is 11.9 Å². The summed E-state index contributed by atoms with van der Waals surface area (Å²) in [6, 6.07) is 5.75. The highest BCUT2D eigenvalue weighted by atomic mass is 16.5. The molecule has 0 aliphatic heterocycles. The first-order chi connectivity index (χ1) is 9.47. The average Bonchev–Trinajstić information content (AvgIpc) is 2.41. The van der Waals surface area contributed by atoms with E-state index < -0.39 is 17.9 Å². The number of rotatable bonds is 7. The Morgan fingerprint density at radius 2 is 2.05 bits per heavy atom. The topological polar surface area (TPSA) is 75.6 Å². The summed E-state index contributed by atoms with van der Waals surface area (Å²) in [5.41, 5.74) is 0.307. The minimum absolute atomic E-state index is 0.210. The molecule has 0 spiro atoms. The number of hydrogen-bond acceptors (Lipinski definition) is 3. The first-order valence-corrected chi connectivity index (χ1v) is 6.33. The number of hydrogen-bond donors (Lipinski definition) is 2. The van der Waals surface area contributed by atoms with E-state index >= 15 is 0 Å². The molecule has 0 aromatic heterocycles. The average molecular weight is 277 g/mol. The number of ether oxygens (including phenoxy) is 1. The van der Waals surface area contributed by atoms with E-state index in [1.165, 1.54) is 0 Å². The largest absolute Gasteiger partial charge is 0.489 e. The minimum Gasteiger partial charge on any atom is -0.489 e. The lowest BCUT2D eigenvalue weighted by atomic mass is 10.0. The molecule has 5 nitrogen and oxygen atoms in total. The van der Waals surface area contributed by atoms with Crippen molar-refractivity contribution in [2.75, 3.05) is 6.61 Å². The Hall–Kier alpha value is -2.30. The molecule has 2 N–H and O–H groups in total. The lowest BCUT2D eigenvalue weighted by Gasteiger charge is -2.18. The SMILES string of the molecule is C=CCOc1ccccc1C(=O)N[C@H](C(=O)O)C(C)C. The molecule has 1 atom stereocenters. The van der Waals surface area contributed by atoms with E-state index in [-0.39, 0.29) is 12.5 Å². The van der Waals surface area contributed by atoms with Crippen molar-refractivity contribution in [3.63, 3.8) is 0 Å². The highest BCUT2D eigenvalue weighted by molar-refractivity contribution is 5.98. The molecule has 108 valence electrons. The first-order valence-electron chi connectivity index (χ1n) is 6.33. The number of benzene rings is 1. The molecule has 0 unspecified atom stereocenters. The molecule has 0 bridgehead atoms. The smallest absolute Gasteiger partial charge is 0.326 e. The van der Waals surface area contributed by atoms with Crippen LogP contribution in [0.15, 0.2) is 36.9 Å². The molecule has 20 heavy (non-hydrogen) atoms. The van der Waals surface area contributed by atoms with Crippen LogP contribution in [-0.2, 0) is 4.79 Å². The maximum absolute atomic E-state index is 12.2. The van der Waals surface area contributed by atoms with Crippen LogP contribution in [0.25, 0.3) is 0 Å². The Bertz CT molecular complexity index is 496. The summed E-state index contributed by atoms with van der Waals surface area (Å²) in [6.45, 7) is 7.29. The molecule has 0 saturated heterocycles. The van der Waals surface area contributed by atoms with E-state index in [1.807, 2.05) is 0 Å². The molecule has 0 aliphatic carbocycles. The number of carboxylic acids is 1. The molecule has 1 amide bonds. The minimum atomic E-state index is -1.06. The summed E-state index contributed by atoms with van der Waals surface area (Å²) in [4.78, 5) is 23.3. The van der Waals surface area contributed by atoms with Crippen LogP contribution in [0.4, 0.5) is 0 Å². The van der Waals surface area contributed by atoms with Gasteiger partial charge >= 0.3 is 5.97 Å². The molecule has 1 rings (SSSR count). The van der Waals surface area contributed by atoms with Crippen molar-refractivity contribution in [1.29, 1.82) is 0 Å². The van der Waals surface area contributed by atoms with E-state index in [0.717, 1.165) is 0 Å². The molecule has 0 saturated carbocycles. The molecule has 0 radical (unpaired) electrons. The molecule has 1 aromatic rings. The normalized spacial score (nSPS) is 11.8. The zero-order valence-electron chi connectivity index (χ0n) is 11.6. The van der Waals surface area contributed by atoms with Gasteiger partial charge < -0.3 is 15.2 Å². The second-order valence-electron chi connectivity index (χ2n) is 4.63. The van der Waals surface area contributed by atoms with Gasteiger partial charge in [-0.2, -0.15) is 0 Å². The molecule has 1 aromatic carbocycles. The van der Waals surface area contributed by atoms with Gasteiger partial charge in [-0.25, -0.2) is 4.79 Å². The Morgan fingerprint density at radius 3 is 2.60 bits per heavy atom. The predicted octanol–water partition coefficient (Wildman–Crippen LogP) is 2.09. The lowest BCUT2D eigenvalue weighted by Crippen LogP contribution is -2.44. The van der Waals surface area contributed by atoms with E-state index in [1.54, 1.807) is 44.2 Å². The molecule has 0 fully saturated rings. The second kappa shape index (κ2) is 7.33. The van der Waals surface area contributed by atoms with Crippen LogP contribution in [0, 0.1) is 5.92 Å². The van der Waals surface area contributed by atoms with Crippen molar-refractivity contribution in [3.8, 4) is 5.75 Å². The molecule has 0 heterocycles. The maximum Gasteiger partial charge on any atom is 0.326 e. The molecule has 5 heteroatoms. The number of carbonyl (C=O) groups excluding carboxylic acids is 1.